The van der Waals surface area contributed by atoms with Crippen molar-refractivity contribution in [1.29, 1.82) is 0 Å². The van der Waals surface area contributed by atoms with Crippen LogP contribution in [0.5, 0.6) is 0 Å². The Balaban J connectivity index is 2.56. The van der Waals surface area contributed by atoms with Crippen molar-refractivity contribution in [2.45, 2.75) is 4.90 Å². The zero-order chi connectivity index (χ0) is 11.8. The van der Waals surface area contributed by atoms with Crippen LogP contribution in [0.25, 0.3) is 11.4 Å². The molecule has 2 aromatic rings. The van der Waals surface area contributed by atoms with E-state index in [4.69, 9.17) is 5.14 Å². The van der Waals surface area contributed by atoms with Gasteiger partial charge in [0.05, 0.1) is 4.90 Å². The topological polar surface area (TPSA) is 122 Å². The van der Waals surface area contributed by atoms with Gasteiger partial charge in [-0.05, 0) is 12.1 Å². The molecular formula is C8H8N4O3S. The van der Waals surface area contributed by atoms with Gasteiger partial charge in [-0.25, -0.2) is 23.4 Å². The minimum absolute atomic E-state index is 0.0335. The first kappa shape index (κ1) is 10.6. The number of rotatable bonds is 2. The Morgan fingerprint density at radius 2 is 2.06 bits per heavy atom. The van der Waals surface area contributed by atoms with E-state index in [-0.39, 0.29) is 10.7 Å². The maximum Gasteiger partial charge on any atom is 0.340 e. The van der Waals surface area contributed by atoms with Gasteiger partial charge in [0, 0.05) is 5.56 Å². The Kier molecular flexibility index (Phi) is 2.37. The largest absolute Gasteiger partial charge is 0.340 e. The van der Waals surface area contributed by atoms with E-state index in [9.17, 15) is 13.2 Å². The summed E-state index contributed by atoms with van der Waals surface area (Å²) < 4.78 is 22.2. The van der Waals surface area contributed by atoms with Crippen molar-refractivity contribution in [3.05, 3.63) is 34.7 Å². The molecule has 4 N–H and O–H groups in total. The number of nitrogens with zero attached hydrogens (tertiary/aromatic N) is 1. The van der Waals surface area contributed by atoms with Gasteiger partial charge in [0.2, 0.25) is 10.0 Å². The van der Waals surface area contributed by atoms with Gasteiger partial charge < -0.3 is 0 Å². The number of aromatic amines is 2. The molecule has 1 aromatic heterocycles. The highest BCUT2D eigenvalue weighted by atomic mass is 32.2. The SMILES string of the molecule is NS(=O)(=O)c1cccc(-c2n[nH]c(=O)[nH]2)c1. The number of benzene rings is 1. The first-order chi connectivity index (χ1) is 7.47. The molecule has 0 amide bonds. The average Bonchev–Trinajstić information content (AvgIpc) is 2.64. The Morgan fingerprint density at radius 1 is 1.31 bits per heavy atom. The van der Waals surface area contributed by atoms with Crippen molar-refractivity contribution >= 4 is 10.0 Å². The summed E-state index contributed by atoms with van der Waals surface area (Å²) >= 11 is 0. The molecule has 0 radical (unpaired) electrons. The number of primary sulfonamides is 1. The van der Waals surface area contributed by atoms with Gasteiger partial charge in [-0.2, -0.15) is 5.10 Å². The third kappa shape index (κ3) is 2.02. The average molecular weight is 240 g/mol. The second-order valence-electron chi connectivity index (χ2n) is 3.10. The van der Waals surface area contributed by atoms with Crippen LogP contribution in [0.1, 0.15) is 0 Å². The molecule has 0 aliphatic heterocycles. The zero-order valence-electron chi connectivity index (χ0n) is 7.97. The second-order valence-corrected chi connectivity index (χ2v) is 4.66. The molecule has 0 aliphatic carbocycles. The van der Waals surface area contributed by atoms with Crippen LogP contribution in [0.3, 0.4) is 0 Å². The lowest BCUT2D eigenvalue weighted by Gasteiger charge is -1.99. The van der Waals surface area contributed by atoms with Gasteiger partial charge in [0.25, 0.3) is 0 Å². The number of H-pyrrole nitrogens is 2. The van der Waals surface area contributed by atoms with Gasteiger partial charge in [0.1, 0.15) is 0 Å². The summed E-state index contributed by atoms with van der Waals surface area (Å²) in [7, 11) is -3.76. The van der Waals surface area contributed by atoms with Crippen LogP contribution in [0.4, 0.5) is 0 Å². The second kappa shape index (κ2) is 3.58. The van der Waals surface area contributed by atoms with E-state index in [1.165, 1.54) is 18.2 Å². The molecule has 0 saturated heterocycles. The summed E-state index contributed by atoms with van der Waals surface area (Å²) in [6.45, 7) is 0. The highest BCUT2D eigenvalue weighted by molar-refractivity contribution is 7.89. The van der Waals surface area contributed by atoms with Gasteiger partial charge in [0.15, 0.2) is 5.82 Å². The van der Waals surface area contributed by atoms with Crippen molar-refractivity contribution < 1.29 is 8.42 Å². The molecule has 0 aliphatic rings. The maximum absolute atomic E-state index is 11.1. The molecule has 7 nitrogen and oxygen atoms in total. The molecule has 0 atom stereocenters. The molecule has 0 saturated carbocycles. The van der Waals surface area contributed by atoms with Gasteiger partial charge in [-0.1, -0.05) is 12.1 Å². The summed E-state index contributed by atoms with van der Waals surface area (Å²) in [6.07, 6.45) is 0. The molecule has 0 unspecified atom stereocenters. The first-order valence-electron chi connectivity index (χ1n) is 4.25. The lowest BCUT2D eigenvalue weighted by atomic mass is 10.2. The highest BCUT2D eigenvalue weighted by Gasteiger charge is 2.10. The fraction of sp³-hybridized carbons (Fsp3) is 0. The van der Waals surface area contributed by atoms with E-state index in [0.29, 0.717) is 5.56 Å². The quantitative estimate of drug-likeness (QED) is 0.649. The fourth-order valence-electron chi connectivity index (χ4n) is 1.23. The Labute approximate surface area is 90.4 Å². The Bertz CT molecular complexity index is 670. The minimum atomic E-state index is -3.76. The number of hydrogen-bond donors (Lipinski definition) is 3. The molecule has 0 bridgehead atoms. The number of aromatic nitrogens is 3. The molecule has 0 spiro atoms. The van der Waals surface area contributed by atoms with Crippen molar-refractivity contribution in [3.8, 4) is 11.4 Å². The monoisotopic (exact) mass is 240 g/mol. The van der Waals surface area contributed by atoms with Crippen LogP contribution in [0, 0.1) is 0 Å². The minimum Gasteiger partial charge on any atom is -0.289 e. The summed E-state index contributed by atoms with van der Waals surface area (Å²) in [5, 5.41) is 10.8. The molecule has 0 fully saturated rings. The summed E-state index contributed by atoms with van der Waals surface area (Å²) in [5.74, 6) is 0.260. The van der Waals surface area contributed by atoms with E-state index in [2.05, 4.69) is 15.2 Å². The first-order valence-corrected chi connectivity index (χ1v) is 5.79. The van der Waals surface area contributed by atoms with E-state index >= 15 is 0 Å². The van der Waals surface area contributed by atoms with Gasteiger partial charge >= 0.3 is 5.69 Å². The number of sulfonamides is 1. The van der Waals surface area contributed by atoms with Crippen molar-refractivity contribution in [2.24, 2.45) is 5.14 Å². The molecule has 8 heteroatoms. The van der Waals surface area contributed by atoms with E-state index < -0.39 is 15.7 Å². The zero-order valence-corrected chi connectivity index (χ0v) is 8.78. The summed E-state index contributed by atoms with van der Waals surface area (Å²) in [5.41, 5.74) is 0.000818. The third-order valence-electron chi connectivity index (χ3n) is 1.94. The molecule has 1 heterocycles. The predicted molar refractivity (Wildman–Crippen MR) is 56.0 cm³/mol. The van der Waals surface area contributed by atoms with E-state index in [0.717, 1.165) is 0 Å². The standard InChI is InChI=1S/C8H8N4O3S/c9-16(14,15)6-3-1-2-5(4-6)7-10-8(13)12-11-7/h1-4H,(H2,9,14,15)(H2,10,11,12,13). The Hall–Kier alpha value is -1.93. The van der Waals surface area contributed by atoms with Gasteiger partial charge in [-0.15, -0.1) is 0 Å². The summed E-state index contributed by atoms with van der Waals surface area (Å²) in [6, 6.07) is 5.83. The lowest BCUT2D eigenvalue weighted by Crippen LogP contribution is -2.12. The molecule has 1 aromatic carbocycles. The molecule has 84 valence electrons. The molecule has 16 heavy (non-hydrogen) atoms. The van der Waals surface area contributed by atoms with Crippen LogP contribution in [0.2, 0.25) is 0 Å². The fourth-order valence-corrected chi connectivity index (χ4v) is 1.79. The Morgan fingerprint density at radius 3 is 2.62 bits per heavy atom. The van der Waals surface area contributed by atoms with Crippen LogP contribution >= 0.6 is 0 Å². The van der Waals surface area contributed by atoms with Crippen LogP contribution in [0.15, 0.2) is 34.0 Å². The van der Waals surface area contributed by atoms with Crippen molar-refractivity contribution in [1.82, 2.24) is 15.2 Å². The van der Waals surface area contributed by atoms with E-state index in [1.807, 2.05) is 0 Å². The number of hydrogen-bond acceptors (Lipinski definition) is 4. The maximum atomic E-state index is 11.1. The summed E-state index contributed by atoms with van der Waals surface area (Å²) in [4.78, 5) is 13.2. The molecular weight excluding hydrogens is 232 g/mol. The van der Waals surface area contributed by atoms with Gasteiger partial charge in [-0.3, -0.25) is 4.98 Å². The normalized spacial score (nSPS) is 11.6. The highest BCUT2D eigenvalue weighted by Crippen LogP contribution is 2.16. The van der Waals surface area contributed by atoms with Crippen molar-refractivity contribution in [3.63, 3.8) is 0 Å². The smallest absolute Gasteiger partial charge is 0.289 e. The lowest BCUT2D eigenvalue weighted by molar-refractivity contribution is 0.598. The van der Waals surface area contributed by atoms with E-state index in [1.54, 1.807) is 6.07 Å². The predicted octanol–water partition coefficient (Wildman–Crippen LogP) is -0.588. The van der Waals surface area contributed by atoms with Crippen LogP contribution in [-0.4, -0.2) is 23.6 Å². The number of nitrogens with one attached hydrogen (secondary N) is 2. The van der Waals surface area contributed by atoms with Crippen LogP contribution < -0.4 is 10.8 Å². The molecule has 2 rings (SSSR count). The number of nitrogens with two attached hydrogens (primary N) is 1. The third-order valence-corrected chi connectivity index (χ3v) is 2.85. The van der Waals surface area contributed by atoms with Crippen molar-refractivity contribution in [2.75, 3.05) is 0 Å². The van der Waals surface area contributed by atoms with Crippen LogP contribution in [-0.2, 0) is 10.0 Å².